The monoisotopic (exact) mass is 526 g/mol. The van der Waals surface area contributed by atoms with Crippen LogP contribution in [0.5, 0.6) is 5.75 Å². The van der Waals surface area contributed by atoms with E-state index in [1.807, 2.05) is 55.6 Å². The van der Waals surface area contributed by atoms with Gasteiger partial charge in [-0.25, -0.2) is 4.90 Å². The Morgan fingerprint density at radius 2 is 1.50 bits per heavy atom. The van der Waals surface area contributed by atoms with Gasteiger partial charge in [0.2, 0.25) is 11.8 Å². The molecule has 1 aliphatic heterocycles. The predicted molar refractivity (Wildman–Crippen MR) is 157 cm³/mol. The summed E-state index contributed by atoms with van der Waals surface area (Å²) in [5.41, 5.74) is 7.11. The Morgan fingerprint density at radius 1 is 0.850 bits per heavy atom. The van der Waals surface area contributed by atoms with Crippen molar-refractivity contribution in [3.63, 3.8) is 0 Å². The fraction of sp³-hybridized carbons (Fsp3) is 0.229. The van der Waals surface area contributed by atoms with Crippen LogP contribution in [0.4, 0.5) is 11.4 Å². The van der Waals surface area contributed by atoms with E-state index < -0.39 is 17.3 Å². The molecule has 4 aromatic rings. The zero-order valence-corrected chi connectivity index (χ0v) is 22.8. The number of hydrogen-bond acceptors (Lipinski definition) is 4. The number of benzene rings is 4. The molecule has 8 rings (SSSR count). The molecule has 0 spiro atoms. The summed E-state index contributed by atoms with van der Waals surface area (Å²) in [6.07, 6.45) is 1.96. The number of amides is 2. The topological polar surface area (TPSA) is 59.0 Å². The van der Waals surface area contributed by atoms with Crippen LogP contribution in [0, 0.1) is 25.7 Å². The molecule has 0 aromatic heterocycles. The van der Waals surface area contributed by atoms with Gasteiger partial charge >= 0.3 is 0 Å². The number of carbonyl (C=O) groups is 2. The van der Waals surface area contributed by atoms with Gasteiger partial charge < -0.3 is 4.74 Å². The van der Waals surface area contributed by atoms with E-state index in [2.05, 4.69) is 50.2 Å². The van der Waals surface area contributed by atoms with Crippen LogP contribution in [0.1, 0.15) is 46.2 Å². The van der Waals surface area contributed by atoms with Crippen molar-refractivity contribution in [3.8, 4) is 5.75 Å². The number of nitrogens with zero attached hydrogens (tertiary/aromatic N) is 2. The molecule has 1 saturated heterocycles. The van der Waals surface area contributed by atoms with Crippen molar-refractivity contribution in [1.82, 2.24) is 0 Å². The molecule has 5 heteroatoms. The van der Waals surface area contributed by atoms with Gasteiger partial charge in [0.05, 0.1) is 35.2 Å². The normalized spacial score (nSPS) is 24.3. The van der Waals surface area contributed by atoms with Gasteiger partial charge in [-0.2, -0.15) is 0 Å². The molecule has 1 heterocycles. The van der Waals surface area contributed by atoms with Gasteiger partial charge in [0.15, 0.2) is 0 Å². The van der Waals surface area contributed by atoms with Gasteiger partial charge in [0, 0.05) is 12.1 Å². The first-order valence-electron chi connectivity index (χ1n) is 13.9. The highest BCUT2D eigenvalue weighted by Crippen LogP contribution is 2.63. The molecular weight excluding hydrogens is 496 g/mol. The van der Waals surface area contributed by atoms with Crippen LogP contribution in [0.25, 0.3) is 0 Å². The van der Waals surface area contributed by atoms with E-state index in [-0.39, 0.29) is 17.7 Å². The lowest BCUT2D eigenvalue weighted by Crippen LogP contribution is -2.54. The van der Waals surface area contributed by atoms with Crippen molar-refractivity contribution in [2.75, 3.05) is 11.5 Å². The maximum Gasteiger partial charge on any atom is 0.239 e. The van der Waals surface area contributed by atoms with Gasteiger partial charge in [-0.3, -0.25) is 14.6 Å². The predicted octanol–water partition coefficient (Wildman–Crippen LogP) is 6.66. The van der Waals surface area contributed by atoms with Crippen LogP contribution in [0.2, 0.25) is 0 Å². The minimum atomic E-state index is -0.878. The summed E-state index contributed by atoms with van der Waals surface area (Å²) in [6.45, 7) is 6.59. The minimum Gasteiger partial charge on any atom is -0.494 e. The van der Waals surface area contributed by atoms with Crippen molar-refractivity contribution in [2.24, 2.45) is 16.8 Å². The van der Waals surface area contributed by atoms with Crippen molar-refractivity contribution in [1.29, 1.82) is 0 Å². The first-order chi connectivity index (χ1) is 19.5. The summed E-state index contributed by atoms with van der Waals surface area (Å²) in [6, 6.07) is 30.0. The number of aryl methyl sites for hydroxylation is 2. The van der Waals surface area contributed by atoms with E-state index in [9.17, 15) is 9.59 Å². The maximum absolute atomic E-state index is 14.5. The lowest BCUT2D eigenvalue weighted by Gasteiger charge is -2.52. The molecule has 1 fully saturated rings. The molecule has 198 valence electrons. The highest BCUT2D eigenvalue weighted by molar-refractivity contribution is 6.25. The van der Waals surface area contributed by atoms with Gasteiger partial charge in [-0.1, -0.05) is 66.2 Å². The van der Waals surface area contributed by atoms with Gasteiger partial charge in [0.25, 0.3) is 0 Å². The van der Waals surface area contributed by atoms with Crippen molar-refractivity contribution < 1.29 is 14.3 Å². The first kappa shape index (κ1) is 24.5. The van der Waals surface area contributed by atoms with E-state index in [0.717, 1.165) is 33.5 Å². The number of imide groups is 1. The molecule has 0 saturated carbocycles. The van der Waals surface area contributed by atoms with Crippen LogP contribution < -0.4 is 9.64 Å². The molecule has 0 N–H and O–H groups in total. The van der Waals surface area contributed by atoms with Crippen LogP contribution in [-0.2, 0) is 15.0 Å². The van der Waals surface area contributed by atoms with Gasteiger partial charge in [0.1, 0.15) is 5.75 Å². The molecule has 40 heavy (non-hydrogen) atoms. The Kier molecular flexibility index (Phi) is 5.53. The summed E-state index contributed by atoms with van der Waals surface area (Å²) >= 11 is 0. The molecule has 4 aromatic carbocycles. The number of aliphatic imine (C=N–C) groups is 1. The van der Waals surface area contributed by atoms with Gasteiger partial charge in [-0.15, -0.1) is 0 Å². The van der Waals surface area contributed by atoms with Crippen LogP contribution in [-0.4, -0.2) is 24.6 Å². The second-order valence-electron chi connectivity index (χ2n) is 11.0. The van der Waals surface area contributed by atoms with E-state index in [1.54, 1.807) is 12.1 Å². The number of anilines is 1. The van der Waals surface area contributed by atoms with Crippen molar-refractivity contribution in [3.05, 3.63) is 124 Å². The Labute approximate surface area is 234 Å². The summed E-state index contributed by atoms with van der Waals surface area (Å²) in [5.74, 6) is -0.944. The molecule has 2 atom stereocenters. The molecule has 2 bridgehead atoms. The largest absolute Gasteiger partial charge is 0.494 e. The number of carbonyl (C=O) groups excluding carboxylic acids is 2. The summed E-state index contributed by atoms with van der Waals surface area (Å²) < 4.78 is 5.60. The van der Waals surface area contributed by atoms with E-state index >= 15 is 0 Å². The second-order valence-corrected chi connectivity index (χ2v) is 11.0. The zero-order valence-electron chi connectivity index (χ0n) is 22.8. The number of rotatable bonds is 5. The molecule has 4 aliphatic rings. The Hall–Kier alpha value is -4.51. The molecule has 2 amide bonds. The standard InChI is InChI=1S/C35H30N2O3/c1-4-40-24-16-14-23(15-17-24)37-33(38)31-30-25-9-5-7-11-27(25)35(32(31)34(37)39,28-12-8-6-10-26(28)30)20-36-29-18-13-21(2)19-22(29)3/h5-20,30-32H,4H2,1-3H3/t30?,31-,32-,35?/m1/s1. The Morgan fingerprint density at radius 3 is 2.12 bits per heavy atom. The van der Waals surface area contributed by atoms with E-state index in [0.29, 0.717) is 18.0 Å². The molecule has 3 aliphatic carbocycles. The van der Waals surface area contributed by atoms with E-state index in [4.69, 9.17) is 9.73 Å². The van der Waals surface area contributed by atoms with Crippen LogP contribution >= 0.6 is 0 Å². The molecule has 5 nitrogen and oxygen atoms in total. The minimum absolute atomic E-state index is 0.155. The first-order valence-corrected chi connectivity index (χ1v) is 13.9. The molecule has 0 unspecified atom stereocenters. The third-order valence-electron chi connectivity index (χ3n) is 8.85. The number of hydrogen-bond donors (Lipinski definition) is 0. The summed E-state index contributed by atoms with van der Waals surface area (Å²) in [5, 5.41) is 0. The SMILES string of the molecule is CCOc1ccc(N2C(=O)[C@@H]3C4c5ccccc5C(C=Nc5ccc(C)cc5C)(c5ccccc54)[C@H]3C2=O)cc1. The number of ether oxygens (including phenoxy) is 1. The summed E-state index contributed by atoms with van der Waals surface area (Å²) in [4.78, 5) is 35.3. The van der Waals surface area contributed by atoms with Gasteiger partial charge in [-0.05, 0) is 78.9 Å². The maximum atomic E-state index is 14.5. The lowest BCUT2D eigenvalue weighted by atomic mass is 9.47. The molecular formula is C35H30N2O3. The third-order valence-corrected chi connectivity index (χ3v) is 8.85. The molecule has 0 radical (unpaired) electrons. The fourth-order valence-corrected chi connectivity index (χ4v) is 7.28. The van der Waals surface area contributed by atoms with Crippen LogP contribution in [0.3, 0.4) is 0 Å². The average Bonchev–Trinajstić information content (AvgIpc) is 3.24. The van der Waals surface area contributed by atoms with Crippen molar-refractivity contribution in [2.45, 2.75) is 32.1 Å². The van der Waals surface area contributed by atoms with Crippen LogP contribution in [0.15, 0.2) is 96.0 Å². The Bertz CT molecular complexity index is 1660. The quantitative estimate of drug-likeness (QED) is 0.216. The smallest absolute Gasteiger partial charge is 0.239 e. The van der Waals surface area contributed by atoms with E-state index in [1.165, 1.54) is 10.5 Å². The fourth-order valence-electron chi connectivity index (χ4n) is 7.28. The Balaban J connectivity index is 1.45. The zero-order chi connectivity index (χ0) is 27.6. The lowest BCUT2D eigenvalue weighted by molar-refractivity contribution is -0.122. The van der Waals surface area contributed by atoms with Crippen molar-refractivity contribution >= 4 is 29.4 Å². The summed E-state index contributed by atoms with van der Waals surface area (Å²) in [7, 11) is 0. The highest BCUT2D eigenvalue weighted by Gasteiger charge is 2.67. The second kappa shape index (κ2) is 9.02. The third kappa shape index (κ3) is 3.30. The highest BCUT2D eigenvalue weighted by atomic mass is 16.5. The average molecular weight is 527 g/mol.